The molecule has 0 amide bonds. The molecule has 0 aromatic heterocycles. The Kier molecular flexibility index (Phi) is 13.9. The summed E-state index contributed by atoms with van der Waals surface area (Å²) in [7, 11) is 0.420. The molecule has 0 spiro atoms. The van der Waals surface area contributed by atoms with E-state index in [1.54, 1.807) is 0 Å². The summed E-state index contributed by atoms with van der Waals surface area (Å²) in [6.45, 7) is 8.09. The van der Waals surface area contributed by atoms with E-state index in [1.807, 2.05) is 20.8 Å². The van der Waals surface area contributed by atoms with Gasteiger partial charge in [0.2, 0.25) is 0 Å². The molecule has 1 unspecified atom stereocenters. The second-order valence-corrected chi connectivity index (χ2v) is 7.95. The summed E-state index contributed by atoms with van der Waals surface area (Å²) < 4.78 is 17.5. The normalized spacial score (nSPS) is 12.0. The van der Waals surface area contributed by atoms with E-state index in [0.717, 1.165) is 12.5 Å². The Labute approximate surface area is 123 Å². The first-order chi connectivity index (χ1) is 9.24. The van der Waals surface area contributed by atoms with E-state index >= 15 is 0 Å². The van der Waals surface area contributed by atoms with Crippen LogP contribution in [-0.2, 0) is 13.3 Å². The minimum Gasteiger partial charge on any atom is -0.374 e. The van der Waals surface area contributed by atoms with Gasteiger partial charge in [-0.3, -0.25) is 0 Å². The van der Waals surface area contributed by atoms with Crippen molar-refractivity contribution in [3.63, 3.8) is 0 Å². The monoisotopic (exact) mass is 308 g/mol. The molecule has 5 heteroatoms. The second-order valence-electron chi connectivity index (χ2n) is 4.64. The van der Waals surface area contributed by atoms with Crippen molar-refractivity contribution in [2.75, 3.05) is 26.0 Å². The van der Waals surface area contributed by atoms with Crippen molar-refractivity contribution in [3.05, 3.63) is 0 Å². The lowest BCUT2D eigenvalue weighted by molar-refractivity contribution is 0.0706. The lowest BCUT2D eigenvalue weighted by Gasteiger charge is -2.28. The van der Waals surface area contributed by atoms with Crippen LogP contribution in [0.25, 0.3) is 0 Å². The van der Waals surface area contributed by atoms with Crippen LogP contribution < -0.4 is 0 Å². The van der Waals surface area contributed by atoms with Crippen molar-refractivity contribution in [1.29, 1.82) is 0 Å². The van der Waals surface area contributed by atoms with Gasteiger partial charge in [0.05, 0.1) is 0 Å². The van der Waals surface area contributed by atoms with Gasteiger partial charge in [-0.1, -0.05) is 25.7 Å². The average Bonchev–Trinajstić information content (AvgIpc) is 2.39. The van der Waals surface area contributed by atoms with Gasteiger partial charge in [0.25, 0.3) is 0 Å². The minimum atomic E-state index is -2.37. The summed E-state index contributed by atoms with van der Waals surface area (Å²) in [6, 6.07) is 0.964. The van der Waals surface area contributed by atoms with E-state index in [9.17, 15) is 0 Å². The molecule has 0 aliphatic carbocycles. The van der Waals surface area contributed by atoms with Crippen molar-refractivity contribution in [2.45, 2.75) is 65.3 Å². The zero-order chi connectivity index (χ0) is 14.4. The van der Waals surface area contributed by atoms with E-state index in [2.05, 4.69) is 9.24 Å². The first kappa shape index (κ1) is 19.5. The SMILES string of the molecule is CCO[Si](CCCCCCCCP)(OCC)OCC. The van der Waals surface area contributed by atoms with E-state index in [0.29, 0.717) is 19.8 Å². The van der Waals surface area contributed by atoms with Gasteiger partial charge >= 0.3 is 8.80 Å². The zero-order valence-corrected chi connectivity index (χ0v) is 15.2. The molecule has 0 bridgehead atoms. The quantitative estimate of drug-likeness (QED) is 0.273. The topological polar surface area (TPSA) is 27.7 Å². The predicted octanol–water partition coefficient (Wildman–Crippen LogP) is 4.25. The van der Waals surface area contributed by atoms with Crippen LogP contribution in [0.5, 0.6) is 0 Å². The standard InChI is InChI=1S/C14H33O3PSi/c1-4-15-19(16-5-2,17-6-3)14-12-10-8-7-9-11-13-18/h4-14,18H2,1-3H3. The molecule has 0 aliphatic heterocycles. The molecule has 3 nitrogen and oxygen atoms in total. The van der Waals surface area contributed by atoms with Crippen molar-refractivity contribution < 1.29 is 13.3 Å². The average molecular weight is 308 g/mol. The van der Waals surface area contributed by atoms with Crippen molar-refractivity contribution >= 4 is 18.0 Å². The largest absolute Gasteiger partial charge is 0.500 e. The van der Waals surface area contributed by atoms with Gasteiger partial charge in [-0.15, -0.1) is 9.24 Å². The molecule has 0 aromatic carbocycles. The molecule has 0 aromatic rings. The van der Waals surface area contributed by atoms with Crippen LogP contribution in [0.2, 0.25) is 6.04 Å². The van der Waals surface area contributed by atoms with Gasteiger partial charge in [-0.2, -0.15) is 0 Å². The zero-order valence-electron chi connectivity index (χ0n) is 13.1. The van der Waals surface area contributed by atoms with Crippen LogP contribution in [0.1, 0.15) is 59.3 Å². The highest BCUT2D eigenvalue weighted by atomic mass is 31.0. The fraction of sp³-hybridized carbons (Fsp3) is 1.00. The Morgan fingerprint density at radius 3 is 1.53 bits per heavy atom. The molecule has 0 N–H and O–H groups in total. The Morgan fingerprint density at radius 2 is 1.11 bits per heavy atom. The Bertz CT molecular complexity index is 177. The predicted molar refractivity (Wildman–Crippen MR) is 87.7 cm³/mol. The summed E-state index contributed by atoms with van der Waals surface area (Å²) in [5.74, 6) is 0. The maximum absolute atomic E-state index is 5.85. The van der Waals surface area contributed by atoms with Crippen LogP contribution in [0.15, 0.2) is 0 Å². The minimum absolute atomic E-state index is 0.681. The Balaban J connectivity index is 3.89. The molecule has 0 fully saturated rings. The van der Waals surface area contributed by atoms with E-state index < -0.39 is 8.80 Å². The Morgan fingerprint density at radius 1 is 0.684 bits per heavy atom. The van der Waals surface area contributed by atoms with Crippen molar-refractivity contribution in [1.82, 2.24) is 0 Å². The van der Waals surface area contributed by atoms with Gasteiger partial charge in [-0.05, 0) is 39.8 Å². The molecule has 0 radical (unpaired) electrons. The smallest absolute Gasteiger partial charge is 0.374 e. The summed E-state index contributed by atoms with van der Waals surface area (Å²) in [5, 5.41) is 0. The van der Waals surface area contributed by atoms with Gasteiger partial charge in [0.15, 0.2) is 0 Å². The lowest BCUT2D eigenvalue weighted by Crippen LogP contribution is -2.45. The molecular formula is C14H33O3PSi. The van der Waals surface area contributed by atoms with Crippen LogP contribution in [0.3, 0.4) is 0 Å². The summed E-state index contributed by atoms with van der Waals surface area (Å²) in [6.07, 6.45) is 9.01. The molecule has 19 heavy (non-hydrogen) atoms. The number of unbranched alkanes of at least 4 members (excludes halogenated alkanes) is 5. The van der Waals surface area contributed by atoms with Gasteiger partial charge in [0, 0.05) is 25.9 Å². The van der Waals surface area contributed by atoms with Crippen molar-refractivity contribution in [3.8, 4) is 0 Å². The highest BCUT2D eigenvalue weighted by Gasteiger charge is 2.39. The number of hydrogen-bond donors (Lipinski definition) is 0. The molecule has 0 rings (SSSR count). The van der Waals surface area contributed by atoms with E-state index in [-0.39, 0.29) is 0 Å². The van der Waals surface area contributed by atoms with Crippen LogP contribution in [0.4, 0.5) is 0 Å². The van der Waals surface area contributed by atoms with Gasteiger partial charge in [-0.25, -0.2) is 0 Å². The summed E-state index contributed by atoms with van der Waals surface area (Å²) in [4.78, 5) is 0. The highest BCUT2D eigenvalue weighted by Crippen LogP contribution is 2.20. The summed E-state index contributed by atoms with van der Waals surface area (Å²) in [5.41, 5.74) is 0. The lowest BCUT2D eigenvalue weighted by atomic mass is 10.1. The molecule has 1 atom stereocenters. The van der Waals surface area contributed by atoms with E-state index in [1.165, 1.54) is 38.3 Å². The molecule has 0 saturated heterocycles. The maximum atomic E-state index is 5.85. The first-order valence-electron chi connectivity index (χ1n) is 7.86. The maximum Gasteiger partial charge on any atom is 0.500 e. The third-order valence-electron chi connectivity index (χ3n) is 3.03. The number of rotatable bonds is 14. The molecule has 0 saturated carbocycles. The molecule has 0 aliphatic rings. The van der Waals surface area contributed by atoms with Crippen LogP contribution in [-0.4, -0.2) is 34.8 Å². The molecular weight excluding hydrogens is 275 g/mol. The van der Waals surface area contributed by atoms with Crippen LogP contribution in [0, 0.1) is 0 Å². The third-order valence-corrected chi connectivity index (χ3v) is 6.59. The highest BCUT2D eigenvalue weighted by molar-refractivity contribution is 7.16. The first-order valence-corrected chi connectivity index (χ1v) is 10.6. The Hall–Kier alpha value is 0.527. The summed E-state index contributed by atoms with van der Waals surface area (Å²) >= 11 is 0. The fourth-order valence-corrected chi connectivity index (χ4v) is 5.17. The van der Waals surface area contributed by atoms with Crippen LogP contribution >= 0.6 is 9.24 Å². The van der Waals surface area contributed by atoms with Gasteiger partial charge in [0.1, 0.15) is 0 Å². The van der Waals surface area contributed by atoms with Gasteiger partial charge < -0.3 is 13.3 Å². The number of hydrogen-bond acceptors (Lipinski definition) is 3. The molecule has 116 valence electrons. The fourth-order valence-electron chi connectivity index (χ4n) is 2.19. The van der Waals surface area contributed by atoms with Crippen molar-refractivity contribution in [2.24, 2.45) is 0 Å². The third kappa shape index (κ3) is 9.97. The van der Waals surface area contributed by atoms with E-state index in [4.69, 9.17) is 13.3 Å². The second kappa shape index (κ2) is 13.5. The molecule has 0 heterocycles.